The molecule has 0 saturated heterocycles. The summed E-state index contributed by atoms with van der Waals surface area (Å²) in [5, 5.41) is 0.743. The third kappa shape index (κ3) is 1.62. The lowest BCUT2D eigenvalue weighted by atomic mass is 10.2. The number of pyridine rings is 2. The zero-order valence-corrected chi connectivity index (χ0v) is 8.34. The third-order valence-electron chi connectivity index (χ3n) is 1.78. The molecule has 66 valence electrons. The molecule has 0 amide bonds. The summed E-state index contributed by atoms with van der Waals surface area (Å²) in [5.41, 5.74) is 2.55. The minimum atomic E-state index is -0.0963. The molecule has 1 N–H and O–H groups in total. The van der Waals surface area contributed by atoms with Gasteiger partial charge in [0.15, 0.2) is 0 Å². The molecular weight excluding hydrogens is 232 g/mol. The predicted molar refractivity (Wildman–Crippen MR) is 55.0 cm³/mol. The normalized spacial score (nSPS) is 10.5. The number of hydrogen-bond acceptors (Lipinski definition) is 2. The molecular formula is C9H7BrN2O. The van der Waals surface area contributed by atoms with E-state index in [-0.39, 0.29) is 5.56 Å². The first-order valence-electron chi connectivity index (χ1n) is 3.83. The van der Waals surface area contributed by atoms with E-state index >= 15 is 0 Å². The molecule has 0 saturated carbocycles. The number of nitrogens with zero attached hydrogens (tertiary/aromatic N) is 1. The fourth-order valence-corrected chi connectivity index (χ4v) is 1.46. The molecule has 0 fully saturated rings. The molecule has 0 atom stereocenters. The Morgan fingerprint density at radius 1 is 1.46 bits per heavy atom. The van der Waals surface area contributed by atoms with Crippen LogP contribution >= 0.6 is 15.9 Å². The van der Waals surface area contributed by atoms with Crippen LogP contribution in [0.4, 0.5) is 0 Å². The summed E-state index contributed by atoms with van der Waals surface area (Å²) in [6.45, 7) is 0. The SMILES string of the molecule is O=c1ccc2ncc(CBr)cc2[nH]1. The quantitative estimate of drug-likeness (QED) is 0.771. The van der Waals surface area contributed by atoms with Crippen LogP contribution < -0.4 is 5.56 Å². The van der Waals surface area contributed by atoms with E-state index in [1.807, 2.05) is 6.07 Å². The van der Waals surface area contributed by atoms with Gasteiger partial charge in [-0.3, -0.25) is 9.78 Å². The van der Waals surface area contributed by atoms with Crippen LogP contribution in [0, 0.1) is 0 Å². The molecule has 2 heterocycles. The molecule has 0 aliphatic rings. The first-order chi connectivity index (χ1) is 6.29. The van der Waals surface area contributed by atoms with Gasteiger partial charge in [-0.15, -0.1) is 0 Å². The van der Waals surface area contributed by atoms with Crippen LogP contribution in [0.2, 0.25) is 0 Å². The highest BCUT2D eigenvalue weighted by atomic mass is 79.9. The molecule has 0 spiro atoms. The largest absolute Gasteiger partial charge is 0.321 e. The smallest absolute Gasteiger partial charge is 0.248 e. The number of aromatic nitrogens is 2. The lowest BCUT2D eigenvalue weighted by Crippen LogP contribution is -2.03. The van der Waals surface area contributed by atoms with Gasteiger partial charge >= 0.3 is 0 Å². The van der Waals surface area contributed by atoms with Crippen molar-refractivity contribution in [1.29, 1.82) is 0 Å². The van der Waals surface area contributed by atoms with Crippen molar-refractivity contribution in [3.63, 3.8) is 0 Å². The monoisotopic (exact) mass is 238 g/mol. The van der Waals surface area contributed by atoms with Crippen molar-refractivity contribution in [2.24, 2.45) is 0 Å². The van der Waals surface area contributed by atoms with Gasteiger partial charge in [0.25, 0.3) is 0 Å². The lowest BCUT2D eigenvalue weighted by molar-refractivity contribution is 1.24. The lowest BCUT2D eigenvalue weighted by Gasteiger charge is -1.98. The van der Waals surface area contributed by atoms with Gasteiger partial charge in [0.05, 0.1) is 11.0 Å². The van der Waals surface area contributed by atoms with Gasteiger partial charge in [-0.25, -0.2) is 0 Å². The fourth-order valence-electron chi connectivity index (χ4n) is 1.15. The van der Waals surface area contributed by atoms with Crippen LogP contribution in [0.5, 0.6) is 0 Å². The summed E-state index contributed by atoms with van der Waals surface area (Å²) in [6.07, 6.45) is 1.79. The van der Waals surface area contributed by atoms with Crippen molar-refractivity contribution < 1.29 is 0 Å². The topological polar surface area (TPSA) is 45.8 Å². The Morgan fingerprint density at radius 3 is 3.08 bits per heavy atom. The molecule has 0 unspecified atom stereocenters. The summed E-state index contributed by atoms with van der Waals surface area (Å²) in [7, 11) is 0. The van der Waals surface area contributed by atoms with E-state index in [0.29, 0.717) is 0 Å². The van der Waals surface area contributed by atoms with Gasteiger partial charge in [-0.05, 0) is 17.7 Å². The second kappa shape index (κ2) is 3.30. The van der Waals surface area contributed by atoms with Crippen LogP contribution in [0.25, 0.3) is 11.0 Å². The Morgan fingerprint density at radius 2 is 2.31 bits per heavy atom. The number of H-pyrrole nitrogens is 1. The van der Waals surface area contributed by atoms with Crippen molar-refractivity contribution in [2.45, 2.75) is 5.33 Å². The molecule has 4 heteroatoms. The third-order valence-corrected chi connectivity index (χ3v) is 2.43. The van der Waals surface area contributed by atoms with E-state index in [2.05, 4.69) is 25.9 Å². The zero-order valence-electron chi connectivity index (χ0n) is 6.75. The second-order valence-corrected chi connectivity index (χ2v) is 3.29. The van der Waals surface area contributed by atoms with E-state index in [9.17, 15) is 4.79 Å². The molecule has 0 aliphatic carbocycles. The number of nitrogens with one attached hydrogen (secondary N) is 1. The maximum Gasteiger partial charge on any atom is 0.248 e. The number of halogens is 1. The molecule has 13 heavy (non-hydrogen) atoms. The Labute approximate surface area is 82.9 Å². The van der Waals surface area contributed by atoms with Crippen LogP contribution in [-0.4, -0.2) is 9.97 Å². The van der Waals surface area contributed by atoms with Gasteiger partial charge < -0.3 is 4.98 Å². The number of alkyl halides is 1. The molecule has 0 aliphatic heterocycles. The number of fused-ring (bicyclic) bond motifs is 1. The highest BCUT2D eigenvalue weighted by molar-refractivity contribution is 9.08. The fraction of sp³-hybridized carbons (Fsp3) is 0.111. The first kappa shape index (κ1) is 8.44. The van der Waals surface area contributed by atoms with Crippen molar-refractivity contribution in [1.82, 2.24) is 9.97 Å². The average molecular weight is 239 g/mol. The zero-order chi connectivity index (χ0) is 9.26. The molecule has 2 rings (SSSR count). The molecule has 2 aromatic rings. The highest BCUT2D eigenvalue weighted by Crippen LogP contribution is 2.10. The molecule has 2 aromatic heterocycles. The van der Waals surface area contributed by atoms with Gasteiger partial charge in [-0.1, -0.05) is 15.9 Å². The van der Waals surface area contributed by atoms with Crippen LogP contribution in [0.1, 0.15) is 5.56 Å². The van der Waals surface area contributed by atoms with E-state index < -0.39 is 0 Å². The van der Waals surface area contributed by atoms with E-state index in [1.54, 1.807) is 12.3 Å². The van der Waals surface area contributed by atoms with E-state index in [1.165, 1.54) is 6.07 Å². The van der Waals surface area contributed by atoms with Crippen molar-refractivity contribution in [3.8, 4) is 0 Å². The van der Waals surface area contributed by atoms with E-state index in [0.717, 1.165) is 21.9 Å². The summed E-state index contributed by atoms with van der Waals surface area (Å²) >= 11 is 3.33. The van der Waals surface area contributed by atoms with Gasteiger partial charge in [0, 0.05) is 17.6 Å². The Hall–Kier alpha value is -1.16. The summed E-state index contributed by atoms with van der Waals surface area (Å²) in [5.74, 6) is 0. The molecule has 3 nitrogen and oxygen atoms in total. The Bertz CT molecular complexity index is 492. The maximum atomic E-state index is 11.0. The van der Waals surface area contributed by atoms with Gasteiger partial charge in [0.1, 0.15) is 0 Å². The van der Waals surface area contributed by atoms with Crippen LogP contribution in [-0.2, 0) is 5.33 Å². The summed E-state index contributed by atoms with van der Waals surface area (Å²) in [6, 6.07) is 5.10. The van der Waals surface area contributed by atoms with Crippen LogP contribution in [0.3, 0.4) is 0 Å². The van der Waals surface area contributed by atoms with Crippen LogP contribution in [0.15, 0.2) is 29.2 Å². The first-order valence-corrected chi connectivity index (χ1v) is 4.95. The predicted octanol–water partition coefficient (Wildman–Crippen LogP) is 1.82. The van der Waals surface area contributed by atoms with Crippen molar-refractivity contribution in [2.75, 3.05) is 0 Å². The highest BCUT2D eigenvalue weighted by Gasteiger charge is 1.96. The Balaban J connectivity index is 2.75. The van der Waals surface area contributed by atoms with E-state index in [4.69, 9.17) is 0 Å². The number of rotatable bonds is 1. The minimum absolute atomic E-state index is 0.0963. The maximum absolute atomic E-state index is 11.0. The minimum Gasteiger partial charge on any atom is -0.321 e. The number of hydrogen-bond donors (Lipinski definition) is 1. The standard InChI is InChI=1S/C9H7BrN2O/c10-4-6-3-8-7(11-5-6)1-2-9(13)12-8/h1-3,5H,4H2,(H,12,13). The Kier molecular flexibility index (Phi) is 2.14. The van der Waals surface area contributed by atoms with Gasteiger partial charge in [0.2, 0.25) is 5.56 Å². The molecule has 0 radical (unpaired) electrons. The van der Waals surface area contributed by atoms with Gasteiger partial charge in [-0.2, -0.15) is 0 Å². The molecule has 0 aromatic carbocycles. The van der Waals surface area contributed by atoms with Crippen molar-refractivity contribution in [3.05, 3.63) is 40.3 Å². The number of aromatic amines is 1. The second-order valence-electron chi connectivity index (χ2n) is 2.73. The summed E-state index contributed by atoms with van der Waals surface area (Å²) < 4.78 is 0. The molecule has 0 bridgehead atoms. The van der Waals surface area contributed by atoms with Crippen molar-refractivity contribution >= 4 is 27.0 Å². The summed E-state index contributed by atoms with van der Waals surface area (Å²) in [4.78, 5) is 17.9. The average Bonchev–Trinajstić information content (AvgIpc) is 2.16.